The Morgan fingerprint density at radius 3 is 2.59 bits per heavy atom. The standard InChI is InChI=1S/C12H12N2O2S/c1-8-11(7-13-16-8)12(15)14-9-3-5-10(17-2)6-4-9/h3-7H,1-2H3,(H,14,15). The third-order valence-corrected chi connectivity index (χ3v) is 3.09. The molecular weight excluding hydrogens is 236 g/mol. The van der Waals surface area contributed by atoms with Crippen molar-refractivity contribution in [2.24, 2.45) is 0 Å². The molecule has 0 spiro atoms. The summed E-state index contributed by atoms with van der Waals surface area (Å²) in [4.78, 5) is 13.0. The van der Waals surface area contributed by atoms with Gasteiger partial charge in [0.2, 0.25) is 0 Å². The van der Waals surface area contributed by atoms with Crippen LogP contribution in [0.5, 0.6) is 0 Å². The number of carbonyl (C=O) groups is 1. The number of carbonyl (C=O) groups excluding carboxylic acids is 1. The Bertz CT molecular complexity index is 520. The molecule has 0 fully saturated rings. The van der Waals surface area contributed by atoms with E-state index in [4.69, 9.17) is 4.52 Å². The van der Waals surface area contributed by atoms with E-state index in [2.05, 4.69) is 10.5 Å². The number of aromatic nitrogens is 1. The lowest BCUT2D eigenvalue weighted by molar-refractivity contribution is 0.102. The maximum atomic E-state index is 11.8. The van der Waals surface area contributed by atoms with Crippen molar-refractivity contribution in [3.8, 4) is 0 Å². The van der Waals surface area contributed by atoms with Crippen molar-refractivity contribution in [3.05, 3.63) is 41.8 Å². The summed E-state index contributed by atoms with van der Waals surface area (Å²) in [5.74, 6) is 0.309. The van der Waals surface area contributed by atoms with Crippen LogP contribution in [-0.4, -0.2) is 17.3 Å². The number of hydrogen-bond acceptors (Lipinski definition) is 4. The minimum Gasteiger partial charge on any atom is -0.361 e. The molecule has 2 rings (SSSR count). The number of aryl methyl sites for hydroxylation is 1. The Morgan fingerprint density at radius 2 is 2.06 bits per heavy atom. The minimum absolute atomic E-state index is 0.208. The lowest BCUT2D eigenvalue weighted by Crippen LogP contribution is -2.11. The van der Waals surface area contributed by atoms with E-state index < -0.39 is 0 Å². The fraction of sp³-hybridized carbons (Fsp3) is 0.167. The van der Waals surface area contributed by atoms with Crippen molar-refractivity contribution in [2.45, 2.75) is 11.8 Å². The normalized spacial score (nSPS) is 10.2. The molecule has 1 aromatic carbocycles. The number of benzene rings is 1. The summed E-state index contributed by atoms with van der Waals surface area (Å²) < 4.78 is 4.85. The molecule has 4 nitrogen and oxygen atoms in total. The van der Waals surface area contributed by atoms with Crippen molar-refractivity contribution in [1.29, 1.82) is 0 Å². The number of thioether (sulfide) groups is 1. The summed E-state index contributed by atoms with van der Waals surface area (Å²) in [5.41, 5.74) is 1.22. The fourth-order valence-corrected chi connectivity index (χ4v) is 1.80. The highest BCUT2D eigenvalue weighted by molar-refractivity contribution is 7.98. The average Bonchev–Trinajstić information content (AvgIpc) is 2.76. The molecule has 0 aliphatic carbocycles. The van der Waals surface area contributed by atoms with Gasteiger partial charge in [-0.05, 0) is 37.4 Å². The smallest absolute Gasteiger partial charge is 0.260 e. The fourth-order valence-electron chi connectivity index (χ4n) is 1.39. The van der Waals surface area contributed by atoms with Gasteiger partial charge in [0.05, 0.1) is 6.20 Å². The van der Waals surface area contributed by atoms with Crippen LogP contribution in [0, 0.1) is 6.92 Å². The van der Waals surface area contributed by atoms with Crippen molar-refractivity contribution in [2.75, 3.05) is 11.6 Å². The SMILES string of the molecule is CSc1ccc(NC(=O)c2cnoc2C)cc1. The van der Waals surface area contributed by atoms with Gasteiger partial charge in [0.15, 0.2) is 0 Å². The second-order valence-corrected chi connectivity index (χ2v) is 4.36. The van der Waals surface area contributed by atoms with Gasteiger partial charge in [-0.3, -0.25) is 4.79 Å². The third kappa shape index (κ3) is 2.68. The molecule has 0 saturated heterocycles. The molecule has 0 bridgehead atoms. The largest absolute Gasteiger partial charge is 0.361 e. The maximum absolute atomic E-state index is 11.8. The molecule has 1 N–H and O–H groups in total. The van der Waals surface area contributed by atoms with Gasteiger partial charge in [0.1, 0.15) is 11.3 Å². The quantitative estimate of drug-likeness (QED) is 0.848. The highest BCUT2D eigenvalue weighted by Gasteiger charge is 2.12. The van der Waals surface area contributed by atoms with Gasteiger partial charge in [0.25, 0.3) is 5.91 Å². The van der Waals surface area contributed by atoms with E-state index in [0.29, 0.717) is 11.3 Å². The molecule has 1 amide bonds. The first kappa shape index (κ1) is 11.7. The Labute approximate surface area is 103 Å². The summed E-state index contributed by atoms with van der Waals surface area (Å²) >= 11 is 1.66. The lowest BCUT2D eigenvalue weighted by Gasteiger charge is -2.04. The molecular formula is C12H12N2O2S. The van der Waals surface area contributed by atoms with E-state index in [1.165, 1.54) is 6.20 Å². The van der Waals surface area contributed by atoms with Crippen LogP contribution in [-0.2, 0) is 0 Å². The minimum atomic E-state index is -0.208. The number of anilines is 1. The van der Waals surface area contributed by atoms with Crippen LogP contribution >= 0.6 is 11.8 Å². The van der Waals surface area contributed by atoms with Crippen LogP contribution in [0.4, 0.5) is 5.69 Å². The van der Waals surface area contributed by atoms with E-state index in [9.17, 15) is 4.79 Å². The first-order valence-corrected chi connectivity index (χ1v) is 6.30. The van der Waals surface area contributed by atoms with E-state index >= 15 is 0 Å². The molecule has 2 aromatic rings. The van der Waals surface area contributed by atoms with Crippen molar-refractivity contribution in [3.63, 3.8) is 0 Å². The van der Waals surface area contributed by atoms with E-state index in [-0.39, 0.29) is 5.91 Å². The topological polar surface area (TPSA) is 55.1 Å². The highest BCUT2D eigenvalue weighted by Crippen LogP contribution is 2.18. The zero-order valence-corrected chi connectivity index (χ0v) is 10.4. The Morgan fingerprint density at radius 1 is 1.35 bits per heavy atom. The van der Waals surface area contributed by atoms with Crippen LogP contribution < -0.4 is 5.32 Å². The zero-order valence-electron chi connectivity index (χ0n) is 9.56. The van der Waals surface area contributed by atoms with Crippen LogP contribution in [0.1, 0.15) is 16.1 Å². The summed E-state index contributed by atoms with van der Waals surface area (Å²) in [7, 11) is 0. The molecule has 1 aromatic heterocycles. The molecule has 17 heavy (non-hydrogen) atoms. The van der Waals surface area contributed by atoms with Crippen molar-refractivity contribution < 1.29 is 9.32 Å². The molecule has 0 saturated carbocycles. The van der Waals surface area contributed by atoms with Gasteiger partial charge in [0, 0.05) is 10.6 Å². The van der Waals surface area contributed by atoms with Crippen LogP contribution in [0.25, 0.3) is 0 Å². The van der Waals surface area contributed by atoms with Crippen molar-refractivity contribution in [1.82, 2.24) is 5.16 Å². The second-order valence-electron chi connectivity index (χ2n) is 3.48. The predicted octanol–water partition coefficient (Wildman–Crippen LogP) is 2.96. The zero-order chi connectivity index (χ0) is 12.3. The molecule has 0 atom stereocenters. The number of hydrogen-bond donors (Lipinski definition) is 1. The van der Waals surface area contributed by atoms with E-state index in [0.717, 1.165) is 10.6 Å². The molecule has 0 unspecified atom stereocenters. The lowest BCUT2D eigenvalue weighted by atomic mass is 10.2. The molecule has 1 heterocycles. The number of nitrogens with zero attached hydrogens (tertiary/aromatic N) is 1. The molecule has 88 valence electrons. The summed E-state index contributed by atoms with van der Waals surface area (Å²) in [6.07, 6.45) is 3.43. The van der Waals surface area contributed by atoms with E-state index in [1.807, 2.05) is 30.5 Å². The predicted molar refractivity (Wildman–Crippen MR) is 67.4 cm³/mol. The monoisotopic (exact) mass is 248 g/mol. The molecule has 0 aliphatic rings. The summed E-state index contributed by atoms with van der Waals surface area (Å²) in [6, 6.07) is 7.65. The van der Waals surface area contributed by atoms with Gasteiger partial charge in [-0.15, -0.1) is 11.8 Å². The van der Waals surface area contributed by atoms with Crippen LogP contribution in [0.15, 0.2) is 39.9 Å². The van der Waals surface area contributed by atoms with Gasteiger partial charge >= 0.3 is 0 Å². The molecule has 0 aliphatic heterocycles. The third-order valence-electron chi connectivity index (χ3n) is 2.34. The number of amides is 1. The van der Waals surface area contributed by atoms with Gasteiger partial charge in [-0.25, -0.2) is 0 Å². The number of nitrogens with one attached hydrogen (secondary N) is 1. The molecule has 0 radical (unpaired) electrons. The Hall–Kier alpha value is -1.75. The maximum Gasteiger partial charge on any atom is 0.260 e. The van der Waals surface area contributed by atoms with Gasteiger partial charge in [-0.2, -0.15) is 0 Å². The van der Waals surface area contributed by atoms with Crippen LogP contribution in [0.2, 0.25) is 0 Å². The first-order chi connectivity index (χ1) is 8.20. The average molecular weight is 248 g/mol. The van der Waals surface area contributed by atoms with Crippen molar-refractivity contribution >= 4 is 23.4 Å². The van der Waals surface area contributed by atoms with Crippen LogP contribution in [0.3, 0.4) is 0 Å². The summed E-state index contributed by atoms with van der Waals surface area (Å²) in [6.45, 7) is 1.71. The van der Waals surface area contributed by atoms with Gasteiger partial charge in [-0.1, -0.05) is 5.16 Å². The Kier molecular flexibility index (Phi) is 3.49. The van der Waals surface area contributed by atoms with E-state index in [1.54, 1.807) is 18.7 Å². The number of rotatable bonds is 3. The first-order valence-electron chi connectivity index (χ1n) is 5.07. The summed E-state index contributed by atoms with van der Waals surface area (Å²) in [5, 5.41) is 6.36. The van der Waals surface area contributed by atoms with Gasteiger partial charge < -0.3 is 9.84 Å². The molecule has 5 heteroatoms. The highest BCUT2D eigenvalue weighted by atomic mass is 32.2. The Balaban J connectivity index is 2.10. The second kappa shape index (κ2) is 5.05.